The molecule has 0 saturated carbocycles. The van der Waals surface area contributed by atoms with Gasteiger partial charge in [-0.25, -0.2) is 13.6 Å². The zero-order valence-corrected chi connectivity index (χ0v) is 18.2. The Labute approximate surface area is 181 Å². The first-order valence-electron chi connectivity index (χ1n) is 9.07. The molecule has 0 spiro atoms. The molecule has 0 radical (unpaired) electrons. The molecule has 0 aliphatic rings. The molecule has 0 bridgehead atoms. The first kappa shape index (κ1) is 23.5. The standard InChI is InChI=1S/C21H21BrF2N2O4/c1-11(2)18(26-20(28)13-6-4-12(3)5-7-13)21(29)30-10-17(27)25-19-15(22)8-14(23)9-16(19)24/h4-9,11,18H,10H2,1-3H3,(H,25,27)(H,26,28)/t18-/m0/s1. The Balaban J connectivity index is 1.97. The number of nitrogens with one attached hydrogen (secondary N) is 2. The summed E-state index contributed by atoms with van der Waals surface area (Å²) in [5.41, 5.74) is 1.10. The monoisotopic (exact) mass is 482 g/mol. The van der Waals surface area contributed by atoms with Crippen LogP contribution in [-0.4, -0.2) is 30.4 Å². The third kappa shape index (κ3) is 6.35. The molecule has 0 fully saturated rings. The van der Waals surface area contributed by atoms with Crippen molar-refractivity contribution in [3.63, 3.8) is 0 Å². The average molecular weight is 483 g/mol. The summed E-state index contributed by atoms with van der Waals surface area (Å²) in [6.45, 7) is 4.61. The van der Waals surface area contributed by atoms with E-state index in [1.54, 1.807) is 38.1 Å². The van der Waals surface area contributed by atoms with Gasteiger partial charge in [0, 0.05) is 16.1 Å². The lowest BCUT2D eigenvalue weighted by atomic mass is 10.0. The molecular formula is C21H21BrF2N2O4. The summed E-state index contributed by atoms with van der Waals surface area (Å²) in [7, 11) is 0. The smallest absolute Gasteiger partial charge is 0.329 e. The van der Waals surface area contributed by atoms with E-state index in [9.17, 15) is 23.2 Å². The van der Waals surface area contributed by atoms with Gasteiger partial charge in [-0.2, -0.15) is 0 Å². The van der Waals surface area contributed by atoms with Gasteiger partial charge in [-0.15, -0.1) is 0 Å². The summed E-state index contributed by atoms with van der Waals surface area (Å²) >= 11 is 2.95. The maximum atomic E-state index is 13.8. The number of amides is 2. The van der Waals surface area contributed by atoms with Crippen molar-refractivity contribution in [1.82, 2.24) is 5.32 Å². The number of anilines is 1. The quantitative estimate of drug-likeness (QED) is 0.584. The minimum Gasteiger partial charge on any atom is -0.454 e. The highest BCUT2D eigenvalue weighted by Crippen LogP contribution is 2.26. The molecule has 2 N–H and O–H groups in total. The van der Waals surface area contributed by atoms with Gasteiger partial charge in [-0.05, 0) is 47.0 Å². The van der Waals surface area contributed by atoms with Crippen molar-refractivity contribution in [2.45, 2.75) is 26.8 Å². The summed E-state index contributed by atoms with van der Waals surface area (Å²) in [6.07, 6.45) is 0. The average Bonchev–Trinajstić information content (AvgIpc) is 2.67. The highest BCUT2D eigenvalue weighted by molar-refractivity contribution is 9.10. The van der Waals surface area contributed by atoms with E-state index < -0.39 is 42.1 Å². The molecule has 160 valence electrons. The number of esters is 1. The Hall–Kier alpha value is -2.81. The zero-order valence-electron chi connectivity index (χ0n) is 16.6. The highest BCUT2D eigenvalue weighted by Gasteiger charge is 2.27. The van der Waals surface area contributed by atoms with E-state index in [0.717, 1.165) is 11.6 Å². The number of benzene rings is 2. The summed E-state index contributed by atoms with van der Waals surface area (Å²) in [5.74, 6) is -4.17. The Morgan fingerprint density at radius 1 is 1.10 bits per heavy atom. The van der Waals surface area contributed by atoms with Crippen LogP contribution in [0.15, 0.2) is 40.9 Å². The molecule has 9 heteroatoms. The van der Waals surface area contributed by atoms with Crippen LogP contribution in [-0.2, 0) is 14.3 Å². The third-order valence-electron chi connectivity index (χ3n) is 4.14. The molecule has 2 aromatic carbocycles. The van der Waals surface area contributed by atoms with Crippen molar-refractivity contribution in [3.8, 4) is 0 Å². The fourth-order valence-electron chi connectivity index (χ4n) is 2.49. The van der Waals surface area contributed by atoms with Crippen molar-refractivity contribution >= 4 is 39.4 Å². The molecule has 0 unspecified atom stereocenters. The Morgan fingerprint density at radius 2 is 1.73 bits per heavy atom. The van der Waals surface area contributed by atoms with Crippen LogP contribution >= 0.6 is 15.9 Å². The Bertz CT molecular complexity index is 926. The molecule has 0 heterocycles. The van der Waals surface area contributed by atoms with Crippen LogP contribution in [0.25, 0.3) is 0 Å². The van der Waals surface area contributed by atoms with Gasteiger partial charge in [0.1, 0.15) is 11.9 Å². The van der Waals surface area contributed by atoms with Crippen LogP contribution in [0, 0.1) is 24.5 Å². The molecule has 30 heavy (non-hydrogen) atoms. The second kappa shape index (κ2) is 10.3. The third-order valence-corrected chi connectivity index (χ3v) is 4.76. The Morgan fingerprint density at radius 3 is 2.30 bits per heavy atom. The molecular weight excluding hydrogens is 462 g/mol. The second-order valence-electron chi connectivity index (χ2n) is 6.96. The predicted octanol–water partition coefficient (Wildman–Crippen LogP) is 3.97. The van der Waals surface area contributed by atoms with Crippen molar-refractivity contribution < 1.29 is 27.9 Å². The topological polar surface area (TPSA) is 84.5 Å². The van der Waals surface area contributed by atoms with Crippen molar-refractivity contribution in [1.29, 1.82) is 0 Å². The number of halogens is 3. The zero-order chi connectivity index (χ0) is 22.4. The fraction of sp³-hybridized carbons (Fsp3) is 0.286. The molecule has 2 rings (SSSR count). The van der Waals surface area contributed by atoms with Gasteiger partial charge >= 0.3 is 5.97 Å². The van der Waals surface area contributed by atoms with E-state index in [2.05, 4.69) is 26.6 Å². The number of hydrogen-bond acceptors (Lipinski definition) is 4. The summed E-state index contributed by atoms with van der Waals surface area (Å²) < 4.78 is 31.9. The molecule has 2 amide bonds. The lowest BCUT2D eigenvalue weighted by Crippen LogP contribution is -2.45. The maximum absolute atomic E-state index is 13.8. The molecule has 1 atom stereocenters. The maximum Gasteiger partial charge on any atom is 0.329 e. The van der Waals surface area contributed by atoms with Crippen LogP contribution in [0.2, 0.25) is 0 Å². The van der Waals surface area contributed by atoms with Crippen LogP contribution in [0.3, 0.4) is 0 Å². The largest absolute Gasteiger partial charge is 0.454 e. The summed E-state index contributed by atoms with van der Waals surface area (Å²) in [4.78, 5) is 36.8. The number of hydrogen-bond donors (Lipinski definition) is 2. The van der Waals surface area contributed by atoms with Gasteiger partial charge in [0.25, 0.3) is 11.8 Å². The molecule has 0 aliphatic carbocycles. The lowest BCUT2D eigenvalue weighted by molar-refractivity contribution is -0.150. The molecule has 6 nitrogen and oxygen atoms in total. The van der Waals surface area contributed by atoms with Gasteiger partial charge in [0.05, 0.1) is 5.69 Å². The van der Waals surface area contributed by atoms with Crippen LogP contribution < -0.4 is 10.6 Å². The molecule has 0 aliphatic heterocycles. The number of ether oxygens (including phenoxy) is 1. The van der Waals surface area contributed by atoms with Crippen LogP contribution in [0.5, 0.6) is 0 Å². The molecule has 0 aromatic heterocycles. The Kier molecular flexibility index (Phi) is 8.05. The first-order valence-corrected chi connectivity index (χ1v) is 9.86. The van der Waals surface area contributed by atoms with Gasteiger partial charge in [-0.1, -0.05) is 31.5 Å². The van der Waals surface area contributed by atoms with Gasteiger partial charge in [0.2, 0.25) is 0 Å². The van der Waals surface area contributed by atoms with Crippen LogP contribution in [0.1, 0.15) is 29.8 Å². The predicted molar refractivity (Wildman–Crippen MR) is 111 cm³/mol. The van der Waals surface area contributed by atoms with E-state index >= 15 is 0 Å². The van der Waals surface area contributed by atoms with E-state index in [1.807, 2.05) is 6.92 Å². The lowest BCUT2D eigenvalue weighted by Gasteiger charge is -2.21. The van der Waals surface area contributed by atoms with E-state index in [0.29, 0.717) is 11.6 Å². The van der Waals surface area contributed by atoms with Gasteiger partial charge < -0.3 is 15.4 Å². The number of carbonyl (C=O) groups is 3. The number of rotatable bonds is 7. The van der Waals surface area contributed by atoms with E-state index in [4.69, 9.17) is 4.74 Å². The van der Waals surface area contributed by atoms with Crippen molar-refractivity contribution in [3.05, 3.63) is 63.6 Å². The highest BCUT2D eigenvalue weighted by atomic mass is 79.9. The minimum absolute atomic E-state index is 0.00472. The van der Waals surface area contributed by atoms with Crippen molar-refractivity contribution in [2.24, 2.45) is 5.92 Å². The SMILES string of the molecule is Cc1ccc(C(=O)N[C@H](C(=O)OCC(=O)Nc2c(F)cc(F)cc2Br)C(C)C)cc1. The van der Waals surface area contributed by atoms with Gasteiger partial charge in [0.15, 0.2) is 12.4 Å². The van der Waals surface area contributed by atoms with E-state index in [1.165, 1.54) is 0 Å². The number of aryl methyl sites for hydroxylation is 1. The second-order valence-corrected chi connectivity index (χ2v) is 7.82. The van der Waals surface area contributed by atoms with E-state index in [-0.39, 0.29) is 16.1 Å². The van der Waals surface area contributed by atoms with Crippen molar-refractivity contribution in [2.75, 3.05) is 11.9 Å². The van der Waals surface area contributed by atoms with Gasteiger partial charge in [-0.3, -0.25) is 9.59 Å². The summed E-state index contributed by atoms with van der Waals surface area (Å²) in [5, 5.41) is 4.80. The van der Waals surface area contributed by atoms with Crippen LogP contribution in [0.4, 0.5) is 14.5 Å². The first-order chi connectivity index (χ1) is 14.1. The summed E-state index contributed by atoms with van der Waals surface area (Å²) in [6, 6.07) is 7.43. The normalized spacial score (nSPS) is 11.7. The number of carbonyl (C=O) groups excluding carboxylic acids is 3. The molecule has 2 aromatic rings. The minimum atomic E-state index is -0.985. The molecule has 0 saturated heterocycles. The fourth-order valence-corrected chi connectivity index (χ4v) is 3.00.